The van der Waals surface area contributed by atoms with Crippen molar-refractivity contribution >= 4 is 11.8 Å². The van der Waals surface area contributed by atoms with Gasteiger partial charge in [0.25, 0.3) is 5.91 Å². The van der Waals surface area contributed by atoms with Gasteiger partial charge in [0.05, 0.1) is 7.11 Å². The summed E-state index contributed by atoms with van der Waals surface area (Å²) in [6, 6.07) is 14.5. The van der Waals surface area contributed by atoms with Gasteiger partial charge in [0.1, 0.15) is 17.5 Å². The summed E-state index contributed by atoms with van der Waals surface area (Å²) < 4.78 is 10.9. The van der Waals surface area contributed by atoms with E-state index < -0.39 is 6.04 Å². The Balaban J connectivity index is 2.16. The molecule has 31 heavy (non-hydrogen) atoms. The van der Waals surface area contributed by atoms with Crippen LogP contribution in [0.3, 0.4) is 0 Å². The Morgan fingerprint density at radius 1 is 1.00 bits per heavy atom. The van der Waals surface area contributed by atoms with E-state index in [0.717, 1.165) is 29.7 Å². The van der Waals surface area contributed by atoms with E-state index in [0.29, 0.717) is 25.3 Å². The number of carbonyl (C=O) groups excluding carboxylic acids is 2. The van der Waals surface area contributed by atoms with Gasteiger partial charge in [-0.25, -0.2) is 0 Å². The van der Waals surface area contributed by atoms with Gasteiger partial charge in [-0.05, 0) is 49.6 Å². The van der Waals surface area contributed by atoms with Gasteiger partial charge in [-0.1, -0.05) is 50.1 Å². The van der Waals surface area contributed by atoms with Crippen molar-refractivity contribution in [3.05, 3.63) is 59.7 Å². The maximum atomic E-state index is 13.1. The van der Waals surface area contributed by atoms with Crippen molar-refractivity contribution in [3.8, 4) is 11.5 Å². The zero-order valence-corrected chi connectivity index (χ0v) is 19.0. The Hall–Kier alpha value is -3.02. The van der Waals surface area contributed by atoms with Crippen LogP contribution < -0.4 is 14.8 Å². The summed E-state index contributed by atoms with van der Waals surface area (Å²) in [5.74, 6) is 1.01. The van der Waals surface area contributed by atoms with Crippen molar-refractivity contribution in [2.45, 2.75) is 52.6 Å². The molecule has 0 saturated carbocycles. The second-order valence-electron chi connectivity index (χ2n) is 7.54. The molecule has 0 fully saturated rings. The molecule has 2 rings (SSSR count). The predicted molar refractivity (Wildman–Crippen MR) is 122 cm³/mol. The minimum absolute atomic E-state index is 0.127. The van der Waals surface area contributed by atoms with Crippen LogP contribution in [-0.4, -0.2) is 43.0 Å². The van der Waals surface area contributed by atoms with Crippen LogP contribution in [0.2, 0.25) is 0 Å². The summed E-state index contributed by atoms with van der Waals surface area (Å²) in [6.45, 7) is 6.78. The van der Waals surface area contributed by atoms with E-state index in [1.165, 1.54) is 0 Å². The monoisotopic (exact) mass is 426 g/mol. The van der Waals surface area contributed by atoms with Gasteiger partial charge < -0.3 is 19.7 Å². The van der Waals surface area contributed by atoms with E-state index in [4.69, 9.17) is 9.47 Å². The normalized spacial score (nSPS) is 11.5. The lowest BCUT2D eigenvalue weighted by molar-refractivity contribution is -0.143. The highest BCUT2D eigenvalue weighted by Gasteiger charge is 2.28. The summed E-state index contributed by atoms with van der Waals surface area (Å²) in [5.41, 5.74) is 2.04. The molecule has 0 heterocycles. The molecule has 0 unspecified atom stereocenters. The molecular formula is C25H34N2O4. The zero-order valence-electron chi connectivity index (χ0n) is 19.0. The van der Waals surface area contributed by atoms with Crippen molar-refractivity contribution in [2.75, 3.05) is 20.3 Å². The third-order valence-corrected chi connectivity index (χ3v) is 5.11. The third kappa shape index (κ3) is 7.63. The number of ether oxygens (including phenoxy) is 2. The SMILES string of the molecule is CCCCNC(=O)[C@H](CC)N(Cc1ccc(OC)cc1)C(=O)COc1ccc(C)cc1. The number of amides is 2. The number of aryl methyl sites for hydroxylation is 1. The summed E-state index contributed by atoms with van der Waals surface area (Å²) >= 11 is 0. The van der Waals surface area contributed by atoms with Gasteiger partial charge in [-0.2, -0.15) is 0 Å². The summed E-state index contributed by atoms with van der Waals surface area (Å²) in [4.78, 5) is 27.6. The number of hydrogen-bond donors (Lipinski definition) is 1. The number of methoxy groups -OCH3 is 1. The van der Waals surface area contributed by atoms with E-state index >= 15 is 0 Å². The number of unbranched alkanes of at least 4 members (excludes halogenated alkanes) is 1. The number of carbonyl (C=O) groups is 2. The van der Waals surface area contributed by atoms with E-state index in [1.54, 1.807) is 12.0 Å². The first-order valence-corrected chi connectivity index (χ1v) is 10.9. The van der Waals surface area contributed by atoms with Crippen LogP contribution in [-0.2, 0) is 16.1 Å². The lowest BCUT2D eigenvalue weighted by Crippen LogP contribution is -2.50. The maximum absolute atomic E-state index is 13.1. The van der Waals surface area contributed by atoms with Crippen LogP contribution in [0.5, 0.6) is 11.5 Å². The van der Waals surface area contributed by atoms with E-state index in [-0.39, 0.29) is 18.4 Å². The highest BCUT2D eigenvalue weighted by Crippen LogP contribution is 2.17. The lowest BCUT2D eigenvalue weighted by Gasteiger charge is -2.30. The van der Waals surface area contributed by atoms with Crippen LogP contribution in [0, 0.1) is 6.92 Å². The molecule has 0 aliphatic carbocycles. The van der Waals surface area contributed by atoms with Crippen molar-refractivity contribution in [1.82, 2.24) is 10.2 Å². The fraction of sp³-hybridized carbons (Fsp3) is 0.440. The Morgan fingerprint density at radius 3 is 2.23 bits per heavy atom. The van der Waals surface area contributed by atoms with Gasteiger partial charge >= 0.3 is 0 Å². The Bertz CT molecular complexity index is 818. The molecule has 2 aromatic rings. The maximum Gasteiger partial charge on any atom is 0.261 e. The summed E-state index contributed by atoms with van der Waals surface area (Å²) in [5, 5.41) is 2.96. The van der Waals surface area contributed by atoms with Crippen molar-refractivity contribution in [1.29, 1.82) is 0 Å². The number of benzene rings is 2. The van der Waals surface area contributed by atoms with Crippen molar-refractivity contribution in [3.63, 3.8) is 0 Å². The smallest absolute Gasteiger partial charge is 0.261 e. The number of nitrogens with one attached hydrogen (secondary N) is 1. The predicted octanol–water partition coefficient (Wildman–Crippen LogP) is 4.11. The molecule has 0 bridgehead atoms. The summed E-state index contributed by atoms with van der Waals surface area (Å²) in [7, 11) is 1.61. The number of rotatable bonds is 12. The molecule has 1 atom stereocenters. The molecular weight excluding hydrogens is 392 g/mol. The molecule has 1 N–H and O–H groups in total. The van der Waals surface area contributed by atoms with Gasteiger partial charge in [-0.3, -0.25) is 9.59 Å². The van der Waals surface area contributed by atoms with Crippen LogP contribution >= 0.6 is 0 Å². The molecule has 6 nitrogen and oxygen atoms in total. The highest BCUT2D eigenvalue weighted by molar-refractivity contribution is 5.88. The minimum atomic E-state index is -0.562. The average molecular weight is 427 g/mol. The lowest BCUT2D eigenvalue weighted by atomic mass is 10.1. The van der Waals surface area contributed by atoms with E-state index in [9.17, 15) is 9.59 Å². The second kappa shape index (κ2) is 12.6. The molecule has 0 aromatic heterocycles. The molecule has 0 aliphatic heterocycles. The Labute approximate surface area is 185 Å². The second-order valence-corrected chi connectivity index (χ2v) is 7.54. The molecule has 2 amide bonds. The first kappa shape index (κ1) is 24.3. The van der Waals surface area contributed by atoms with Gasteiger partial charge in [-0.15, -0.1) is 0 Å². The van der Waals surface area contributed by atoms with Crippen LogP contribution in [0.25, 0.3) is 0 Å². The van der Waals surface area contributed by atoms with Gasteiger partial charge in [0.2, 0.25) is 5.91 Å². The molecule has 2 aromatic carbocycles. The molecule has 0 saturated heterocycles. The minimum Gasteiger partial charge on any atom is -0.497 e. The third-order valence-electron chi connectivity index (χ3n) is 5.11. The Morgan fingerprint density at radius 2 is 1.65 bits per heavy atom. The number of nitrogens with zero attached hydrogens (tertiary/aromatic N) is 1. The summed E-state index contributed by atoms with van der Waals surface area (Å²) in [6.07, 6.45) is 2.42. The largest absolute Gasteiger partial charge is 0.497 e. The fourth-order valence-electron chi connectivity index (χ4n) is 3.22. The molecule has 0 aliphatic rings. The quantitative estimate of drug-likeness (QED) is 0.519. The Kier molecular flexibility index (Phi) is 9.88. The van der Waals surface area contributed by atoms with E-state index in [2.05, 4.69) is 12.2 Å². The average Bonchev–Trinajstić information content (AvgIpc) is 2.79. The number of hydrogen-bond acceptors (Lipinski definition) is 4. The molecule has 6 heteroatoms. The highest BCUT2D eigenvalue weighted by atomic mass is 16.5. The first-order chi connectivity index (χ1) is 15.0. The van der Waals surface area contributed by atoms with Crippen molar-refractivity contribution < 1.29 is 19.1 Å². The van der Waals surface area contributed by atoms with Crippen LogP contribution in [0.4, 0.5) is 0 Å². The zero-order chi connectivity index (χ0) is 22.6. The fourth-order valence-corrected chi connectivity index (χ4v) is 3.22. The topological polar surface area (TPSA) is 67.9 Å². The molecule has 0 spiro atoms. The van der Waals surface area contributed by atoms with Crippen LogP contribution in [0.15, 0.2) is 48.5 Å². The standard InChI is InChI=1S/C25H34N2O4/c1-5-7-16-26-25(29)23(6-2)27(17-20-10-14-21(30-4)15-11-20)24(28)18-31-22-12-8-19(3)9-13-22/h8-15,23H,5-7,16-18H2,1-4H3,(H,26,29)/t23-/m0/s1. The van der Waals surface area contributed by atoms with Crippen molar-refractivity contribution in [2.24, 2.45) is 0 Å². The van der Waals surface area contributed by atoms with Crippen LogP contribution in [0.1, 0.15) is 44.2 Å². The van der Waals surface area contributed by atoms with Gasteiger partial charge in [0.15, 0.2) is 6.61 Å². The molecule has 168 valence electrons. The molecule has 0 radical (unpaired) electrons. The first-order valence-electron chi connectivity index (χ1n) is 10.9. The van der Waals surface area contributed by atoms with Gasteiger partial charge in [0, 0.05) is 13.1 Å². The van der Waals surface area contributed by atoms with E-state index in [1.807, 2.05) is 62.4 Å².